The number of furan rings is 1. The number of rotatable bonds is 2. The molecule has 0 spiro atoms. The van der Waals surface area contributed by atoms with Crippen molar-refractivity contribution in [3.63, 3.8) is 0 Å². The van der Waals surface area contributed by atoms with Crippen molar-refractivity contribution >= 4 is 11.9 Å². The average molecular weight is 333 g/mol. The molecule has 3 rings (SSSR count). The first-order chi connectivity index (χ1) is 11.4. The lowest BCUT2D eigenvalue weighted by atomic mass is 9.91. The van der Waals surface area contributed by atoms with Crippen LogP contribution in [0.5, 0.6) is 0 Å². The molecule has 3 heterocycles. The number of aryl methyl sites for hydroxylation is 1. The van der Waals surface area contributed by atoms with Crippen molar-refractivity contribution in [3.8, 4) is 0 Å². The maximum absolute atomic E-state index is 12.8. The summed E-state index contributed by atoms with van der Waals surface area (Å²) in [5, 5.41) is 3.11. The van der Waals surface area contributed by atoms with Crippen LogP contribution in [0.3, 0.4) is 0 Å². The van der Waals surface area contributed by atoms with Gasteiger partial charge in [-0.1, -0.05) is 6.92 Å². The van der Waals surface area contributed by atoms with Crippen molar-refractivity contribution in [2.24, 2.45) is 5.92 Å². The van der Waals surface area contributed by atoms with Crippen LogP contribution < -0.4 is 5.32 Å². The van der Waals surface area contributed by atoms with Crippen LogP contribution in [-0.4, -0.2) is 47.9 Å². The highest BCUT2D eigenvalue weighted by Crippen LogP contribution is 2.35. The van der Waals surface area contributed by atoms with Crippen LogP contribution >= 0.6 is 0 Å². The summed E-state index contributed by atoms with van der Waals surface area (Å²) in [6.45, 7) is 5.47. The maximum Gasteiger partial charge on any atom is 0.318 e. The number of urea groups is 1. The molecule has 132 valence electrons. The summed E-state index contributed by atoms with van der Waals surface area (Å²) >= 11 is 0. The highest BCUT2D eigenvalue weighted by atomic mass is 16.3. The monoisotopic (exact) mass is 333 g/mol. The van der Waals surface area contributed by atoms with Gasteiger partial charge in [0, 0.05) is 32.6 Å². The van der Waals surface area contributed by atoms with E-state index in [1.165, 1.54) is 0 Å². The number of likely N-dealkylation sites (tertiary alicyclic amines) is 2. The summed E-state index contributed by atoms with van der Waals surface area (Å²) in [5.41, 5.74) is 0. The van der Waals surface area contributed by atoms with Gasteiger partial charge in [0.2, 0.25) is 5.91 Å². The fourth-order valence-corrected chi connectivity index (χ4v) is 3.67. The fourth-order valence-electron chi connectivity index (χ4n) is 3.67. The number of likely N-dealkylation sites (N-methyl/N-ethyl adjacent to an activating group) is 1. The van der Waals surface area contributed by atoms with E-state index in [1.807, 2.05) is 24.0 Å². The molecular formula is C18H27N3O3. The SMILES string of the molecule is Cc1ccc([C@@H]2C[C@H](C)CCN2C(=O)N[C@H]2CCC(=O)N(C)C2)o1. The zero-order valence-electron chi connectivity index (χ0n) is 14.7. The fraction of sp³-hybridized carbons (Fsp3) is 0.667. The molecule has 1 N–H and O–H groups in total. The highest BCUT2D eigenvalue weighted by Gasteiger charge is 2.34. The van der Waals surface area contributed by atoms with Crippen molar-refractivity contribution in [3.05, 3.63) is 23.7 Å². The summed E-state index contributed by atoms with van der Waals surface area (Å²) in [5.74, 6) is 2.46. The van der Waals surface area contributed by atoms with E-state index in [0.717, 1.165) is 30.9 Å². The Hall–Kier alpha value is -1.98. The predicted molar refractivity (Wildman–Crippen MR) is 90.5 cm³/mol. The smallest absolute Gasteiger partial charge is 0.318 e. The Kier molecular flexibility index (Phi) is 4.83. The van der Waals surface area contributed by atoms with Crippen LogP contribution in [0.1, 0.15) is 50.2 Å². The van der Waals surface area contributed by atoms with Crippen molar-refractivity contribution < 1.29 is 14.0 Å². The molecule has 1 aromatic heterocycles. The van der Waals surface area contributed by atoms with E-state index >= 15 is 0 Å². The van der Waals surface area contributed by atoms with E-state index in [9.17, 15) is 9.59 Å². The number of piperidine rings is 2. The number of nitrogens with zero attached hydrogens (tertiary/aromatic N) is 2. The Balaban J connectivity index is 1.68. The third-order valence-corrected chi connectivity index (χ3v) is 5.17. The molecule has 0 unspecified atom stereocenters. The number of carbonyl (C=O) groups excluding carboxylic acids is 2. The standard InChI is InChI=1S/C18H27N3O3/c1-12-8-9-21(15(10-12)16-6-4-13(2)24-16)18(23)19-14-5-7-17(22)20(3)11-14/h4,6,12,14-15H,5,7-11H2,1-3H3,(H,19,23)/t12-,14+,15+/m1/s1. The van der Waals surface area contributed by atoms with Gasteiger partial charge in [0.25, 0.3) is 0 Å². The molecule has 2 aliphatic heterocycles. The van der Waals surface area contributed by atoms with Crippen LogP contribution in [0.2, 0.25) is 0 Å². The predicted octanol–water partition coefficient (Wildman–Crippen LogP) is 2.69. The quantitative estimate of drug-likeness (QED) is 0.905. The molecule has 2 saturated heterocycles. The van der Waals surface area contributed by atoms with Crippen LogP contribution in [-0.2, 0) is 4.79 Å². The topological polar surface area (TPSA) is 65.8 Å². The number of amides is 3. The van der Waals surface area contributed by atoms with Gasteiger partial charge in [-0.15, -0.1) is 0 Å². The van der Waals surface area contributed by atoms with Gasteiger partial charge in [0.1, 0.15) is 11.5 Å². The van der Waals surface area contributed by atoms with Crippen molar-refractivity contribution in [2.45, 2.75) is 51.6 Å². The minimum atomic E-state index is -0.0475. The van der Waals surface area contributed by atoms with Crippen molar-refractivity contribution in [1.82, 2.24) is 15.1 Å². The van der Waals surface area contributed by atoms with Crippen molar-refractivity contribution in [1.29, 1.82) is 0 Å². The molecule has 2 fully saturated rings. The lowest BCUT2D eigenvalue weighted by Crippen LogP contribution is -2.53. The summed E-state index contributed by atoms with van der Waals surface area (Å²) in [4.78, 5) is 28.0. The van der Waals surface area contributed by atoms with Gasteiger partial charge in [-0.05, 0) is 44.2 Å². The third-order valence-electron chi connectivity index (χ3n) is 5.17. The van der Waals surface area contributed by atoms with Gasteiger partial charge >= 0.3 is 6.03 Å². The first-order valence-electron chi connectivity index (χ1n) is 8.81. The maximum atomic E-state index is 12.8. The van der Waals surface area contributed by atoms with E-state index in [0.29, 0.717) is 25.3 Å². The lowest BCUT2D eigenvalue weighted by molar-refractivity contribution is -0.132. The molecule has 0 aromatic carbocycles. The normalized spacial score (nSPS) is 28.1. The van der Waals surface area contributed by atoms with Gasteiger partial charge in [0.05, 0.1) is 6.04 Å². The first-order valence-corrected chi connectivity index (χ1v) is 8.81. The zero-order valence-corrected chi connectivity index (χ0v) is 14.7. The molecule has 0 radical (unpaired) electrons. The van der Waals surface area contributed by atoms with Gasteiger partial charge in [-0.25, -0.2) is 4.79 Å². The molecular weight excluding hydrogens is 306 g/mol. The van der Waals surface area contributed by atoms with E-state index < -0.39 is 0 Å². The Morgan fingerprint density at radius 2 is 2.12 bits per heavy atom. The molecule has 1 aromatic rings. The second kappa shape index (κ2) is 6.87. The third kappa shape index (κ3) is 3.57. The Bertz CT molecular complexity index is 612. The minimum Gasteiger partial charge on any atom is -0.464 e. The molecule has 6 heteroatoms. The lowest BCUT2D eigenvalue weighted by Gasteiger charge is -2.39. The minimum absolute atomic E-state index is 0.00889. The molecule has 2 aliphatic rings. The second-order valence-electron chi connectivity index (χ2n) is 7.25. The van der Waals surface area contributed by atoms with E-state index in [2.05, 4.69) is 12.2 Å². The number of hydrogen-bond donors (Lipinski definition) is 1. The van der Waals surface area contributed by atoms with Crippen LogP contribution in [0.4, 0.5) is 4.79 Å². The zero-order chi connectivity index (χ0) is 17.3. The number of nitrogens with one attached hydrogen (secondary N) is 1. The van der Waals surface area contributed by atoms with Crippen LogP contribution in [0.15, 0.2) is 16.5 Å². The summed E-state index contributed by atoms with van der Waals surface area (Å²) in [7, 11) is 1.79. The molecule has 6 nitrogen and oxygen atoms in total. The molecule has 0 aliphatic carbocycles. The Morgan fingerprint density at radius 1 is 1.33 bits per heavy atom. The second-order valence-corrected chi connectivity index (χ2v) is 7.25. The average Bonchev–Trinajstić information content (AvgIpc) is 2.97. The van der Waals surface area contributed by atoms with Crippen LogP contribution in [0.25, 0.3) is 0 Å². The van der Waals surface area contributed by atoms with E-state index in [4.69, 9.17) is 4.42 Å². The van der Waals surface area contributed by atoms with Gasteiger partial charge in [-0.2, -0.15) is 0 Å². The summed E-state index contributed by atoms with van der Waals surface area (Å²) in [6.07, 6.45) is 3.14. The molecule has 24 heavy (non-hydrogen) atoms. The molecule has 0 bridgehead atoms. The van der Waals surface area contributed by atoms with E-state index in [1.54, 1.807) is 11.9 Å². The number of carbonyl (C=O) groups is 2. The molecule has 3 atom stereocenters. The first kappa shape index (κ1) is 16.9. The van der Waals surface area contributed by atoms with Crippen molar-refractivity contribution in [2.75, 3.05) is 20.1 Å². The molecule has 3 amide bonds. The number of hydrogen-bond acceptors (Lipinski definition) is 3. The Morgan fingerprint density at radius 3 is 2.79 bits per heavy atom. The summed E-state index contributed by atoms with van der Waals surface area (Å²) in [6, 6.07) is 3.90. The summed E-state index contributed by atoms with van der Waals surface area (Å²) < 4.78 is 5.80. The van der Waals surface area contributed by atoms with E-state index in [-0.39, 0.29) is 24.0 Å². The van der Waals surface area contributed by atoms with Gasteiger partial charge < -0.3 is 19.5 Å². The van der Waals surface area contributed by atoms with Gasteiger partial charge in [-0.3, -0.25) is 4.79 Å². The highest BCUT2D eigenvalue weighted by molar-refractivity contribution is 5.78. The molecule has 0 saturated carbocycles. The van der Waals surface area contributed by atoms with Crippen LogP contribution in [0, 0.1) is 12.8 Å². The Labute approximate surface area is 143 Å². The largest absolute Gasteiger partial charge is 0.464 e. The van der Waals surface area contributed by atoms with Gasteiger partial charge in [0.15, 0.2) is 0 Å².